The van der Waals surface area contributed by atoms with E-state index in [1.54, 1.807) is 7.11 Å². The van der Waals surface area contributed by atoms with Gasteiger partial charge >= 0.3 is 0 Å². The monoisotopic (exact) mass is 372 g/mol. The number of aryl methyl sites for hydroxylation is 1. The topological polar surface area (TPSA) is 59.3 Å². The fraction of sp³-hybridized carbons (Fsp3) is 0.650. The number of nitrogens with zero attached hydrogens (tertiary/aromatic N) is 6. The number of hydrogen-bond donors (Lipinski definition) is 0. The fourth-order valence-corrected chi connectivity index (χ4v) is 3.89. The first-order chi connectivity index (χ1) is 13.2. The standard InChI is InChI=1S/C20H32N6O/c1-5-7-19(20-21-22-23-26(20)14-15-27-4)25-12-10-24(11-13-25)18-9-6-8-16(2)17(18)3/h6,8-9,19H,5,7,10-15H2,1-4H3/t19-/m1/s1. The van der Waals surface area contributed by atoms with Gasteiger partial charge in [0, 0.05) is 39.0 Å². The molecule has 7 heteroatoms. The summed E-state index contributed by atoms with van der Waals surface area (Å²) in [5, 5.41) is 12.5. The molecule has 0 aliphatic carbocycles. The van der Waals surface area contributed by atoms with Gasteiger partial charge in [-0.15, -0.1) is 5.10 Å². The third-order valence-electron chi connectivity index (χ3n) is 5.60. The predicted molar refractivity (Wildman–Crippen MR) is 107 cm³/mol. The van der Waals surface area contributed by atoms with E-state index >= 15 is 0 Å². The number of rotatable bonds is 8. The van der Waals surface area contributed by atoms with E-state index in [0.29, 0.717) is 13.2 Å². The number of ether oxygens (including phenoxy) is 1. The second-order valence-corrected chi connectivity index (χ2v) is 7.30. The zero-order chi connectivity index (χ0) is 19.2. The van der Waals surface area contributed by atoms with Gasteiger partial charge in [-0.2, -0.15) is 0 Å². The van der Waals surface area contributed by atoms with Crippen molar-refractivity contribution in [2.75, 3.05) is 44.8 Å². The van der Waals surface area contributed by atoms with Gasteiger partial charge in [-0.1, -0.05) is 25.5 Å². The SMILES string of the molecule is CCC[C@H](c1nnnn1CCOC)N1CCN(c2cccc(C)c2C)CC1. The first-order valence-electron chi connectivity index (χ1n) is 9.96. The van der Waals surface area contributed by atoms with Crippen molar-refractivity contribution in [3.63, 3.8) is 0 Å². The number of aromatic nitrogens is 4. The second kappa shape index (κ2) is 9.28. The molecule has 0 bridgehead atoms. The van der Waals surface area contributed by atoms with E-state index in [4.69, 9.17) is 4.74 Å². The van der Waals surface area contributed by atoms with E-state index in [1.165, 1.54) is 16.8 Å². The molecule has 2 aromatic rings. The minimum atomic E-state index is 0.266. The smallest absolute Gasteiger partial charge is 0.168 e. The minimum Gasteiger partial charge on any atom is -0.383 e. The van der Waals surface area contributed by atoms with Gasteiger partial charge in [0.1, 0.15) is 0 Å². The maximum atomic E-state index is 5.20. The van der Waals surface area contributed by atoms with Crippen LogP contribution in [0.25, 0.3) is 0 Å². The Hall–Kier alpha value is -1.99. The van der Waals surface area contributed by atoms with Crippen LogP contribution in [-0.4, -0.2) is 65.0 Å². The third-order valence-corrected chi connectivity index (χ3v) is 5.60. The van der Waals surface area contributed by atoms with Gasteiger partial charge in [-0.3, -0.25) is 4.90 Å². The molecule has 3 rings (SSSR count). The third kappa shape index (κ3) is 4.47. The van der Waals surface area contributed by atoms with Crippen molar-refractivity contribution in [2.45, 2.75) is 46.2 Å². The Morgan fingerprint density at radius 2 is 1.93 bits per heavy atom. The summed E-state index contributed by atoms with van der Waals surface area (Å²) >= 11 is 0. The molecular weight excluding hydrogens is 340 g/mol. The lowest BCUT2D eigenvalue weighted by Crippen LogP contribution is -2.48. The lowest BCUT2D eigenvalue weighted by atomic mass is 10.1. The fourth-order valence-electron chi connectivity index (χ4n) is 3.89. The Bertz CT molecular complexity index is 723. The minimum absolute atomic E-state index is 0.266. The van der Waals surface area contributed by atoms with Gasteiger partial charge in [-0.25, -0.2) is 4.68 Å². The lowest BCUT2D eigenvalue weighted by molar-refractivity contribution is 0.153. The van der Waals surface area contributed by atoms with E-state index in [0.717, 1.165) is 44.8 Å². The summed E-state index contributed by atoms with van der Waals surface area (Å²) < 4.78 is 7.11. The van der Waals surface area contributed by atoms with E-state index < -0.39 is 0 Å². The van der Waals surface area contributed by atoms with E-state index in [-0.39, 0.29) is 6.04 Å². The number of anilines is 1. The van der Waals surface area contributed by atoms with Gasteiger partial charge in [-0.05, 0) is 47.9 Å². The van der Waals surface area contributed by atoms with Crippen LogP contribution in [0.1, 0.15) is 42.8 Å². The molecule has 7 nitrogen and oxygen atoms in total. The van der Waals surface area contributed by atoms with Crippen LogP contribution in [0, 0.1) is 13.8 Å². The van der Waals surface area contributed by atoms with Crippen molar-refractivity contribution < 1.29 is 4.74 Å². The molecule has 1 aliphatic rings. The zero-order valence-electron chi connectivity index (χ0n) is 17.1. The molecule has 0 saturated carbocycles. The van der Waals surface area contributed by atoms with Crippen molar-refractivity contribution in [3.8, 4) is 0 Å². The van der Waals surface area contributed by atoms with Crippen molar-refractivity contribution >= 4 is 5.69 Å². The van der Waals surface area contributed by atoms with Gasteiger partial charge in [0.15, 0.2) is 5.82 Å². The summed E-state index contributed by atoms with van der Waals surface area (Å²) in [4.78, 5) is 5.05. The van der Waals surface area contributed by atoms with Crippen molar-refractivity contribution in [2.24, 2.45) is 0 Å². The Morgan fingerprint density at radius 3 is 2.63 bits per heavy atom. The average molecular weight is 373 g/mol. The highest BCUT2D eigenvalue weighted by Gasteiger charge is 2.29. The van der Waals surface area contributed by atoms with Crippen molar-refractivity contribution in [1.29, 1.82) is 0 Å². The predicted octanol–water partition coefficient (Wildman–Crippen LogP) is 2.60. The quantitative estimate of drug-likeness (QED) is 0.710. The van der Waals surface area contributed by atoms with Crippen molar-refractivity contribution in [1.82, 2.24) is 25.1 Å². The maximum absolute atomic E-state index is 5.20. The molecule has 0 spiro atoms. The van der Waals surface area contributed by atoms with Crippen LogP contribution in [-0.2, 0) is 11.3 Å². The zero-order valence-corrected chi connectivity index (χ0v) is 17.1. The van der Waals surface area contributed by atoms with E-state index in [9.17, 15) is 0 Å². The number of methoxy groups -OCH3 is 1. The Kier molecular flexibility index (Phi) is 6.79. The number of tetrazole rings is 1. The molecule has 0 amide bonds. The van der Waals surface area contributed by atoms with Crippen LogP contribution >= 0.6 is 0 Å². The Morgan fingerprint density at radius 1 is 1.15 bits per heavy atom. The van der Waals surface area contributed by atoms with Crippen LogP contribution in [0.2, 0.25) is 0 Å². The number of benzene rings is 1. The van der Waals surface area contributed by atoms with Gasteiger partial charge in [0.25, 0.3) is 0 Å². The molecular formula is C20H32N6O. The molecule has 1 fully saturated rings. The van der Waals surface area contributed by atoms with Crippen LogP contribution in [0.15, 0.2) is 18.2 Å². The van der Waals surface area contributed by atoms with E-state index in [1.807, 2.05) is 4.68 Å². The maximum Gasteiger partial charge on any atom is 0.168 e. The Labute approximate surface area is 162 Å². The van der Waals surface area contributed by atoms with Gasteiger partial charge in [0.05, 0.1) is 19.2 Å². The molecule has 1 aliphatic heterocycles. The molecule has 148 valence electrons. The number of piperazine rings is 1. The van der Waals surface area contributed by atoms with Crippen LogP contribution in [0.5, 0.6) is 0 Å². The lowest BCUT2D eigenvalue weighted by Gasteiger charge is -2.40. The molecule has 1 aromatic carbocycles. The first kappa shape index (κ1) is 19.8. The first-order valence-corrected chi connectivity index (χ1v) is 9.96. The summed E-state index contributed by atoms with van der Waals surface area (Å²) in [5.41, 5.74) is 4.11. The molecule has 0 N–H and O–H groups in total. The summed E-state index contributed by atoms with van der Waals surface area (Å²) in [5.74, 6) is 0.967. The van der Waals surface area contributed by atoms with Crippen LogP contribution in [0.3, 0.4) is 0 Å². The second-order valence-electron chi connectivity index (χ2n) is 7.30. The molecule has 1 atom stereocenters. The van der Waals surface area contributed by atoms with Gasteiger partial charge < -0.3 is 9.64 Å². The molecule has 0 unspecified atom stereocenters. The molecule has 1 saturated heterocycles. The number of hydrogen-bond acceptors (Lipinski definition) is 6. The highest BCUT2D eigenvalue weighted by atomic mass is 16.5. The Balaban J connectivity index is 1.70. The summed E-state index contributed by atoms with van der Waals surface area (Å²) in [6.07, 6.45) is 2.18. The van der Waals surface area contributed by atoms with E-state index in [2.05, 4.69) is 64.3 Å². The largest absolute Gasteiger partial charge is 0.383 e. The molecule has 1 aromatic heterocycles. The highest BCUT2D eigenvalue weighted by molar-refractivity contribution is 5.56. The van der Waals surface area contributed by atoms with Crippen molar-refractivity contribution in [3.05, 3.63) is 35.2 Å². The van der Waals surface area contributed by atoms with Crippen LogP contribution in [0.4, 0.5) is 5.69 Å². The summed E-state index contributed by atoms with van der Waals surface area (Å²) in [6, 6.07) is 6.86. The summed E-state index contributed by atoms with van der Waals surface area (Å²) in [6.45, 7) is 12.1. The molecule has 2 heterocycles. The van der Waals surface area contributed by atoms with Gasteiger partial charge in [0.2, 0.25) is 0 Å². The normalized spacial score (nSPS) is 16.7. The summed E-state index contributed by atoms with van der Waals surface area (Å²) in [7, 11) is 1.71. The van der Waals surface area contributed by atoms with Crippen LogP contribution < -0.4 is 4.90 Å². The molecule has 27 heavy (non-hydrogen) atoms. The highest BCUT2D eigenvalue weighted by Crippen LogP contribution is 2.28. The molecule has 0 radical (unpaired) electrons. The average Bonchev–Trinajstić information content (AvgIpc) is 3.15.